The first-order valence-corrected chi connectivity index (χ1v) is 5.85. The number of aromatic nitrogens is 1. The zero-order valence-corrected chi connectivity index (χ0v) is 10.5. The Labute approximate surface area is 104 Å². The third kappa shape index (κ3) is 2.67. The van der Waals surface area contributed by atoms with E-state index in [0.29, 0.717) is 22.6 Å². The van der Waals surface area contributed by atoms with Crippen molar-refractivity contribution in [2.24, 2.45) is 5.92 Å². The van der Waals surface area contributed by atoms with Gasteiger partial charge in [-0.1, -0.05) is 31.5 Å². The van der Waals surface area contributed by atoms with Crippen LogP contribution in [0.2, 0.25) is 5.02 Å². The Bertz CT molecular complexity index is 502. The molecule has 2 rings (SSSR count). The Hall–Kier alpha value is -1.35. The lowest BCUT2D eigenvalue weighted by atomic mass is 10.1. The van der Waals surface area contributed by atoms with Crippen LogP contribution in [0.5, 0.6) is 0 Å². The van der Waals surface area contributed by atoms with E-state index < -0.39 is 5.82 Å². The van der Waals surface area contributed by atoms with E-state index in [-0.39, 0.29) is 5.56 Å². The fraction of sp³-hybridized carbons (Fsp3) is 0.308. The van der Waals surface area contributed by atoms with E-state index in [1.807, 2.05) is 0 Å². The SMILES string of the molecule is CC(C)Cc1ncc(-c2c(F)cccc2Cl)o1. The zero-order chi connectivity index (χ0) is 12.4. The van der Waals surface area contributed by atoms with Crippen LogP contribution in [0.4, 0.5) is 4.39 Å². The molecule has 0 saturated heterocycles. The van der Waals surface area contributed by atoms with Gasteiger partial charge in [0.15, 0.2) is 11.7 Å². The highest BCUT2D eigenvalue weighted by atomic mass is 35.5. The molecule has 0 unspecified atom stereocenters. The van der Waals surface area contributed by atoms with Crippen LogP contribution in [0.1, 0.15) is 19.7 Å². The van der Waals surface area contributed by atoms with Gasteiger partial charge in [0.2, 0.25) is 0 Å². The van der Waals surface area contributed by atoms with Crippen LogP contribution < -0.4 is 0 Å². The third-order valence-corrected chi connectivity index (χ3v) is 2.66. The lowest BCUT2D eigenvalue weighted by Crippen LogP contribution is -1.93. The molecule has 0 saturated carbocycles. The molecule has 0 aliphatic rings. The Kier molecular flexibility index (Phi) is 3.48. The minimum absolute atomic E-state index is 0.275. The normalized spacial score (nSPS) is 11.1. The Morgan fingerprint density at radius 1 is 1.41 bits per heavy atom. The molecule has 0 atom stereocenters. The Balaban J connectivity index is 2.37. The van der Waals surface area contributed by atoms with E-state index >= 15 is 0 Å². The molecule has 2 nitrogen and oxygen atoms in total. The first-order valence-electron chi connectivity index (χ1n) is 5.47. The van der Waals surface area contributed by atoms with Gasteiger partial charge in [-0.2, -0.15) is 0 Å². The summed E-state index contributed by atoms with van der Waals surface area (Å²) in [5.74, 6) is 1.03. The number of nitrogens with zero attached hydrogens (tertiary/aromatic N) is 1. The largest absolute Gasteiger partial charge is 0.441 e. The second-order valence-electron chi connectivity index (χ2n) is 4.31. The second kappa shape index (κ2) is 4.88. The number of hydrogen-bond donors (Lipinski definition) is 0. The van der Waals surface area contributed by atoms with Crippen LogP contribution in [-0.4, -0.2) is 4.98 Å². The van der Waals surface area contributed by atoms with E-state index in [2.05, 4.69) is 18.8 Å². The number of benzene rings is 1. The van der Waals surface area contributed by atoms with Crippen molar-refractivity contribution in [3.8, 4) is 11.3 Å². The number of rotatable bonds is 3. The van der Waals surface area contributed by atoms with Gasteiger partial charge in [0.25, 0.3) is 0 Å². The first-order chi connectivity index (χ1) is 8.08. The molecular formula is C13H13ClFNO. The molecule has 1 aromatic heterocycles. The summed E-state index contributed by atoms with van der Waals surface area (Å²) in [6.07, 6.45) is 2.24. The Morgan fingerprint density at radius 3 is 2.82 bits per heavy atom. The molecule has 0 spiro atoms. The topological polar surface area (TPSA) is 26.0 Å². The van der Waals surface area contributed by atoms with Crippen LogP contribution in [0.15, 0.2) is 28.8 Å². The summed E-state index contributed by atoms with van der Waals surface area (Å²) in [5.41, 5.74) is 0.275. The molecule has 0 aliphatic carbocycles. The van der Waals surface area contributed by atoms with Gasteiger partial charge < -0.3 is 4.42 Å². The van der Waals surface area contributed by atoms with E-state index in [1.54, 1.807) is 12.1 Å². The quantitative estimate of drug-likeness (QED) is 0.814. The van der Waals surface area contributed by atoms with E-state index in [4.69, 9.17) is 16.0 Å². The highest BCUT2D eigenvalue weighted by molar-refractivity contribution is 6.33. The first kappa shape index (κ1) is 12.1. The van der Waals surface area contributed by atoms with Crippen molar-refractivity contribution in [3.05, 3.63) is 41.1 Å². The number of halogens is 2. The molecule has 0 N–H and O–H groups in total. The van der Waals surface area contributed by atoms with Crippen molar-refractivity contribution in [1.82, 2.24) is 4.98 Å². The molecule has 2 aromatic rings. The number of hydrogen-bond acceptors (Lipinski definition) is 2. The molecule has 90 valence electrons. The van der Waals surface area contributed by atoms with Gasteiger partial charge in [-0.3, -0.25) is 0 Å². The van der Waals surface area contributed by atoms with Gasteiger partial charge in [0.1, 0.15) is 5.82 Å². The van der Waals surface area contributed by atoms with Gasteiger partial charge in [-0.05, 0) is 18.1 Å². The third-order valence-electron chi connectivity index (χ3n) is 2.35. The van der Waals surface area contributed by atoms with Crippen molar-refractivity contribution in [2.45, 2.75) is 20.3 Å². The predicted octanol–water partition coefficient (Wildman–Crippen LogP) is 4.33. The van der Waals surface area contributed by atoms with Crippen LogP contribution in [0.3, 0.4) is 0 Å². The standard InChI is InChI=1S/C13H13ClFNO/c1-8(2)6-12-16-7-11(17-12)13-9(14)4-3-5-10(13)15/h3-5,7-8H,6H2,1-2H3. The molecular weight excluding hydrogens is 241 g/mol. The van der Waals surface area contributed by atoms with Gasteiger partial charge in [-0.25, -0.2) is 9.37 Å². The predicted molar refractivity (Wildman–Crippen MR) is 65.4 cm³/mol. The molecule has 17 heavy (non-hydrogen) atoms. The van der Waals surface area contributed by atoms with E-state index in [1.165, 1.54) is 12.3 Å². The molecule has 0 fully saturated rings. The average Bonchev–Trinajstić information content (AvgIpc) is 2.65. The average molecular weight is 254 g/mol. The van der Waals surface area contributed by atoms with Crippen molar-refractivity contribution in [2.75, 3.05) is 0 Å². The lowest BCUT2D eigenvalue weighted by molar-refractivity contribution is 0.464. The summed E-state index contributed by atoms with van der Waals surface area (Å²) in [6, 6.07) is 4.54. The Morgan fingerprint density at radius 2 is 2.18 bits per heavy atom. The van der Waals surface area contributed by atoms with Crippen molar-refractivity contribution >= 4 is 11.6 Å². The van der Waals surface area contributed by atoms with Crippen LogP contribution in [0, 0.1) is 11.7 Å². The molecule has 0 aliphatic heterocycles. The maximum absolute atomic E-state index is 13.6. The van der Waals surface area contributed by atoms with Crippen LogP contribution in [-0.2, 0) is 6.42 Å². The van der Waals surface area contributed by atoms with Crippen LogP contribution in [0.25, 0.3) is 11.3 Å². The molecule has 1 aromatic carbocycles. The maximum Gasteiger partial charge on any atom is 0.195 e. The second-order valence-corrected chi connectivity index (χ2v) is 4.72. The summed E-state index contributed by atoms with van der Waals surface area (Å²) >= 11 is 5.95. The minimum atomic E-state index is -0.398. The fourth-order valence-corrected chi connectivity index (χ4v) is 1.86. The monoisotopic (exact) mass is 253 g/mol. The summed E-state index contributed by atoms with van der Waals surface area (Å²) < 4.78 is 19.1. The molecule has 1 heterocycles. The van der Waals surface area contributed by atoms with Crippen molar-refractivity contribution in [3.63, 3.8) is 0 Å². The zero-order valence-electron chi connectivity index (χ0n) is 9.71. The summed E-state index contributed by atoms with van der Waals surface area (Å²) in [6.45, 7) is 4.14. The summed E-state index contributed by atoms with van der Waals surface area (Å²) in [5, 5.41) is 0.331. The smallest absolute Gasteiger partial charge is 0.195 e. The van der Waals surface area contributed by atoms with E-state index in [0.717, 1.165) is 6.42 Å². The summed E-state index contributed by atoms with van der Waals surface area (Å²) in [7, 11) is 0. The maximum atomic E-state index is 13.6. The van der Waals surface area contributed by atoms with Gasteiger partial charge in [0.05, 0.1) is 16.8 Å². The molecule has 0 amide bonds. The highest BCUT2D eigenvalue weighted by Gasteiger charge is 2.14. The van der Waals surface area contributed by atoms with Crippen molar-refractivity contribution < 1.29 is 8.81 Å². The van der Waals surface area contributed by atoms with E-state index in [9.17, 15) is 4.39 Å². The molecule has 4 heteroatoms. The van der Waals surface area contributed by atoms with Gasteiger partial charge in [0, 0.05) is 6.42 Å². The van der Waals surface area contributed by atoms with Crippen LogP contribution >= 0.6 is 11.6 Å². The lowest BCUT2D eigenvalue weighted by Gasteiger charge is -2.02. The molecule has 0 radical (unpaired) electrons. The van der Waals surface area contributed by atoms with Gasteiger partial charge in [-0.15, -0.1) is 0 Å². The highest BCUT2D eigenvalue weighted by Crippen LogP contribution is 2.31. The van der Waals surface area contributed by atoms with Crippen molar-refractivity contribution in [1.29, 1.82) is 0 Å². The molecule has 0 bridgehead atoms. The minimum Gasteiger partial charge on any atom is -0.441 e. The summed E-state index contributed by atoms with van der Waals surface area (Å²) in [4.78, 5) is 4.12. The number of oxazole rings is 1. The van der Waals surface area contributed by atoms with Gasteiger partial charge >= 0.3 is 0 Å². The fourth-order valence-electron chi connectivity index (χ4n) is 1.60.